The molecule has 1 fully saturated rings. The largest absolute Gasteiger partial charge is 0.477 e. The maximum absolute atomic E-state index is 13.3. The standard InChI is InChI=1S/C23H31N7O4S/c1-7-34-20-10-11-30(26-20)19-9-8-17(21(24-19)29-13-15(2)12-23(29,4)5)22(31)27-35(32,33)18-14-28(6)25-16(18)3/h8-11,14-15H,7,12-13H2,1-6H3,(H,27,31)/t15-/m0/s1. The van der Waals surface area contributed by atoms with Crippen LogP contribution in [-0.2, 0) is 17.1 Å². The van der Waals surface area contributed by atoms with Crippen molar-refractivity contribution in [3.8, 4) is 11.7 Å². The lowest BCUT2D eigenvalue weighted by Crippen LogP contribution is -2.41. The van der Waals surface area contributed by atoms with Crippen LogP contribution in [0.15, 0.2) is 35.5 Å². The van der Waals surface area contributed by atoms with Gasteiger partial charge in [0.25, 0.3) is 15.9 Å². The second kappa shape index (κ2) is 8.99. The second-order valence-electron chi connectivity index (χ2n) is 9.49. The zero-order chi connectivity index (χ0) is 25.5. The number of amides is 1. The molecule has 0 unspecified atom stereocenters. The van der Waals surface area contributed by atoms with Gasteiger partial charge in [-0.25, -0.2) is 22.8 Å². The predicted octanol–water partition coefficient (Wildman–Crippen LogP) is 2.45. The molecule has 3 aromatic heterocycles. The number of carbonyl (C=O) groups is 1. The Labute approximate surface area is 205 Å². The molecule has 0 bridgehead atoms. The van der Waals surface area contributed by atoms with E-state index in [0.717, 1.165) is 6.42 Å². The highest BCUT2D eigenvalue weighted by atomic mass is 32.2. The Kier molecular flexibility index (Phi) is 6.34. The van der Waals surface area contributed by atoms with E-state index < -0.39 is 15.9 Å². The normalized spacial score (nSPS) is 17.5. The molecule has 0 spiro atoms. The molecule has 1 aliphatic heterocycles. The first-order chi connectivity index (χ1) is 16.4. The molecule has 188 valence electrons. The molecule has 0 radical (unpaired) electrons. The molecule has 1 aliphatic rings. The summed E-state index contributed by atoms with van der Waals surface area (Å²) in [5, 5.41) is 8.45. The molecule has 0 aromatic carbocycles. The van der Waals surface area contributed by atoms with Crippen LogP contribution in [0.3, 0.4) is 0 Å². The van der Waals surface area contributed by atoms with Crippen LogP contribution in [0.2, 0.25) is 0 Å². The van der Waals surface area contributed by atoms with Crippen molar-refractivity contribution >= 4 is 21.7 Å². The van der Waals surface area contributed by atoms with Crippen molar-refractivity contribution in [1.82, 2.24) is 29.3 Å². The van der Waals surface area contributed by atoms with Crippen molar-refractivity contribution in [3.63, 3.8) is 0 Å². The minimum absolute atomic E-state index is 0.0467. The fourth-order valence-electron chi connectivity index (χ4n) is 4.64. The van der Waals surface area contributed by atoms with Crippen molar-refractivity contribution in [3.05, 3.63) is 41.9 Å². The lowest BCUT2D eigenvalue weighted by molar-refractivity contribution is 0.0981. The molecule has 4 heterocycles. The van der Waals surface area contributed by atoms with Crippen molar-refractivity contribution in [1.29, 1.82) is 0 Å². The summed E-state index contributed by atoms with van der Waals surface area (Å²) < 4.78 is 36.5. The Balaban J connectivity index is 1.75. The van der Waals surface area contributed by atoms with E-state index in [1.165, 1.54) is 10.9 Å². The van der Waals surface area contributed by atoms with E-state index in [4.69, 9.17) is 9.72 Å². The molecular weight excluding hydrogens is 470 g/mol. The van der Waals surface area contributed by atoms with Gasteiger partial charge in [0.1, 0.15) is 10.7 Å². The van der Waals surface area contributed by atoms with Crippen molar-refractivity contribution < 1.29 is 17.9 Å². The van der Waals surface area contributed by atoms with Gasteiger partial charge in [-0.15, -0.1) is 5.10 Å². The first-order valence-corrected chi connectivity index (χ1v) is 12.9. The molecule has 1 atom stereocenters. The summed E-state index contributed by atoms with van der Waals surface area (Å²) in [4.78, 5) is 20.1. The van der Waals surface area contributed by atoms with E-state index in [1.807, 2.05) is 6.92 Å². The summed E-state index contributed by atoms with van der Waals surface area (Å²) in [7, 11) is -2.50. The maximum Gasteiger partial charge on any atom is 0.268 e. The van der Waals surface area contributed by atoms with E-state index in [0.29, 0.717) is 42.3 Å². The summed E-state index contributed by atoms with van der Waals surface area (Å²) in [5.74, 6) is 0.978. The number of hydrogen-bond donors (Lipinski definition) is 1. The fraction of sp³-hybridized carbons (Fsp3) is 0.478. The SMILES string of the molecule is CCOc1ccn(-c2ccc(C(=O)NS(=O)(=O)c3cn(C)nc3C)c(N3C[C@@H](C)CC3(C)C)n2)n1. The lowest BCUT2D eigenvalue weighted by Gasteiger charge is -2.34. The number of ether oxygens (including phenoxy) is 1. The summed E-state index contributed by atoms with van der Waals surface area (Å²) in [6.45, 7) is 10.9. The van der Waals surface area contributed by atoms with Crippen LogP contribution in [0.4, 0.5) is 5.82 Å². The molecule has 0 saturated carbocycles. The Bertz CT molecular complexity index is 1360. The van der Waals surface area contributed by atoms with Crippen molar-refractivity contribution in [2.45, 2.75) is 51.5 Å². The number of rotatable bonds is 7. The van der Waals surface area contributed by atoms with Gasteiger partial charge in [-0.3, -0.25) is 9.48 Å². The number of pyridine rings is 1. The summed E-state index contributed by atoms with van der Waals surface area (Å²) in [6.07, 6.45) is 4.00. The van der Waals surface area contributed by atoms with Gasteiger partial charge in [0.15, 0.2) is 5.82 Å². The van der Waals surface area contributed by atoms with E-state index in [-0.39, 0.29) is 16.0 Å². The van der Waals surface area contributed by atoms with Gasteiger partial charge in [-0.1, -0.05) is 6.92 Å². The fourth-order valence-corrected chi connectivity index (χ4v) is 5.83. The highest BCUT2D eigenvalue weighted by molar-refractivity contribution is 7.90. The number of carbonyl (C=O) groups excluding carboxylic acids is 1. The Morgan fingerprint density at radius 2 is 2.00 bits per heavy atom. The molecule has 3 aromatic rings. The number of nitrogens with zero attached hydrogens (tertiary/aromatic N) is 6. The number of nitrogens with one attached hydrogen (secondary N) is 1. The third-order valence-corrected chi connectivity index (χ3v) is 7.44. The molecule has 1 saturated heterocycles. The van der Waals surface area contributed by atoms with Crippen LogP contribution >= 0.6 is 0 Å². The van der Waals surface area contributed by atoms with Crippen LogP contribution in [-0.4, -0.2) is 57.6 Å². The zero-order valence-electron chi connectivity index (χ0n) is 20.8. The van der Waals surface area contributed by atoms with Gasteiger partial charge in [0.2, 0.25) is 5.88 Å². The van der Waals surface area contributed by atoms with Crippen LogP contribution in [0.5, 0.6) is 5.88 Å². The van der Waals surface area contributed by atoms with Crippen molar-refractivity contribution in [2.75, 3.05) is 18.1 Å². The minimum Gasteiger partial charge on any atom is -0.477 e. The average molecular weight is 502 g/mol. The van der Waals surface area contributed by atoms with E-state index in [2.05, 4.69) is 40.6 Å². The molecular formula is C23H31N7O4S. The molecule has 12 heteroatoms. The topological polar surface area (TPSA) is 124 Å². The average Bonchev–Trinajstić information content (AvgIpc) is 3.44. The highest BCUT2D eigenvalue weighted by Crippen LogP contribution is 2.37. The van der Waals surface area contributed by atoms with Gasteiger partial charge in [-0.2, -0.15) is 5.10 Å². The number of aromatic nitrogens is 5. The number of aryl methyl sites for hydroxylation is 2. The Morgan fingerprint density at radius 1 is 1.26 bits per heavy atom. The maximum atomic E-state index is 13.3. The first-order valence-electron chi connectivity index (χ1n) is 11.5. The number of anilines is 1. The van der Waals surface area contributed by atoms with Crippen LogP contribution in [0.25, 0.3) is 5.82 Å². The van der Waals surface area contributed by atoms with Gasteiger partial charge < -0.3 is 9.64 Å². The monoisotopic (exact) mass is 501 g/mol. The van der Waals surface area contributed by atoms with Gasteiger partial charge in [0.05, 0.1) is 17.9 Å². The third-order valence-electron chi connectivity index (χ3n) is 6.01. The smallest absolute Gasteiger partial charge is 0.268 e. The highest BCUT2D eigenvalue weighted by Gasteiger charge is 2.39. The summed E-state index contributed by atoms with van der Waals surface area (Å²) in [5.41, 5.74) is 0.192. The Morgan fingerprint density at radius 3 is 2.60 bits per heavy atom. The zero-order valence-corrected chi connectivity index (χ0v) is 21.6. The molecule has 11 nitrogen and oxygen atoms in total. The van der Waals surface area contributed by atoms with Gasteiger partial charge >= 0.3 is 0 Å². The van der Waals surface area contributed by atoms with E-state index in [1.54, 1.807) is 43.0 Å². The predicted molar refractivity (Wildman–Crippen MR) is 130 cm³/mol. The Hall–Kier alpha value is -3.41. The van der Waals surface area contributed by atoms with Crippen molar-refractivity contribution in [2.24, 2.45) is 13.0 Å². The minimum atomic E-state index is -4.13. The second-order valence-corrected chi connectivity index (χ2v) is 11.1. The van der Waals surface area contributed by atoms with E-state index in [9.17, 15) is 13.2 Å². The van der Waals surface area contributed by atoms with Gasteiger partial charge in [-0.05, 0) is 52.2 Å². The molecule has 4 rings (SSSR count). The molecule has 1 N–H and O–H groups in total. The summed E-state index contributed by atoms with van der Waals surface area (Å²) in [6, 6.07) is 4.95. The van der Waals surface area contributed by atoms with Gasteiger partial charge in [0, 0.05) is 37.6 Å². The molecule has 35 heavy (non-hydrogen) atoms. The number of hydrogen-bond acceptors (Lipinski definition) is 8. The molecule has 0 aliphatic carbocycles. The van der Waals surface area contributed by atoms with Crippen LogP contribution in [0, 0.1) is 12.8 Å². The first kappa shape index (κ1) is 24.7. The lowest BCUT2D eigenvalue weighted by atomic mass is 9.97. The number of sulfonamides is 1. The van der Waals surface area contributed by atoms with Crippen LogP contribution < -0.4 is 14.4 Å². The summed E-state index contributed by atoms with van der Waals surface area (Å²) >= 11 is 0. The quantitative estimate of drug-likeness (QED) is 0.524. The van der Waals surface area contributed by atoms with Crippen LogP contribution in [0.1, 0.15) is 50.2 Å². The van der Waals surface area contributed by atoms with E-state index >= 15 is 0 Å². The third kappa shape index (κ3) is 4.88. The molecule has 1 amide bonds.